The van der Waals surface area contributed by atoms with Crippen LogP contribution in [0.2, 0.25) is 0 Å². The van der Waals surface area contributed by atoms with Gasteiger partial charge in [0, 0.05) is 32.9 Å². The summed E-state index contributed by atoms with van der Waals surface area (Å²) >= 11 is 0. The van der Waals surface area contributed by atoms with Crippen LogP contribution in [-0.2, 0) is 23.3 Å². The second-order valence-corrected chi connectivity index (χ2v) is 11.1. The molecule has 1 aromatic carbocycles. The summed E-state index contributed by atoms with van der Waals surface area (Å²) in [5, 5.41) is 0. The van der Waals surface area contributed by atoms with Crippen molar-refractivity contribution in [2.45, 2.75) is 45.4 Å². The smallest absolute Gasteiger partial charge is 0.371 e. The van der Waals surface area contributed by atoms with Crippen molar-refractivity contribution in [3.8, 4) is 0 Å². The van der Waals surface area contributed by atoms with E-state index < -0.39 is 18.8 Å². The first-order chi connectivity index (χ1) is 13.9. The van der Waals surface area contributed by atoms with E-state index in [-0.39, 0.29) is 6.54 Å². The summed E-state index contributed by atoms with van der Waals surface area (Å²) < 4.78 is 45.3. The van der Waals surface area contributed by atoms with E-state index in [9.17, 15) is 8.42 Å². The summed E-state index contributed by atoms with van der Waals surface area (Å²) in [4.78, 5) is 0.300. The van der Waals surface area contributed by atoms with E-state index in [0.717, 1.165) is 18.4 Å². The maximum atomic E-state index is 13.2. The summed E-state index contributed by atoms with van der Waals surface area (Å²) in [5.41, 5.74) is 4.13. The molecular formula is C21H33NO5SSi. The van der Waals surface area contributed by atoms with Crippen LogP contribution in [0.15, 0.2) is 52.6 Å². The van der Waals surface area contributed by atoms with E-state index >= 15 is 0 Å². The molecule has 0 aliphatic heterocycles. The predicted octanol–water partition coefficient (Wildman–Crippen LogP) is 3.85. The highest BCUT2D eigenvalue weighted by molar-refractivity contribution is 7.89. The minimum atomic E-state index is -3.61. The van der Waals surface area contributed by atoms with Crippen LogP contribution < -0.4 is 0 Å². The van der Waals surface area contributed by atoms with Crippen LogP contribution in [0.1, 0.15) is 39.2 Å². The van der Waals surface area contributed by atoms with Crippen molar-refractivity contribution in [3.05, 3.63) is 53.3 Å². The molecule has 1 aromatic rings. The standard InChI is InChI=1S/C21H33NO5SSi/c1-5-25-29(26-6-2,27-7-3)18-8-16-22(17-15-20-11-12-20)28(23,24)21-13-9-19(4)10-14-21/h8-10,13-15,18H,5-7,11-12,16-17H2,1-4H3/b18-8+. The summed E-state index contributed by atoms with van der Waals surface area (Å²) in [6.45, 7) is 9.59. The van der Waals surface area contributed by atoms with Crippen LogP contribution in [0.3, 0.4) is 0 Å². The van der Waals surface area contributed by atoms with E-state index in [2.05, 4.69) is 0 Å². The highest BCUT2D eigenvalue weighted by atomic mass is 32.2. The van der Waals surface area contributed by atoms with Gasteiger partial charge in [0.15, 0.2) is 0 Å². The molecule has 0 N–H and O–H groups in total. The number of benzene rings is 1. The zero-order chi connectivity index (χ0) is 21.3. The lowest BCUT2D eigenvalue weighted by atomic mass is 10.2. The van der Waals surface area contributed by atoms with Gasteiger partial charge >= 0.3 is 8.80 Å². The molecule has 0 aromatic heterocycles. The molecule has 1 saturated carbocycles. The van der Waals surface area contributed by atoms with Crippen molar-refractivity contribution in [2.24, 2.45) is 0 Å². The van der Waals surface area contributed by atoms with E-state index in [1.807, 2.05) is 45.9 Å². The Morgan fingerprint density at radius 2 is 1.52 bits per heavy atom. The lowest BCUT2D eigenvalue weighted by Crippen LogP contribution is -2.44. The number of aryl methyl sites for hydroxylation is 1. The average Bonchev–Trinajstić information content (AvgIpc) is 3.50. The minimum Gasteiger partial charge on any atom is -0.371 e. The molecule has 1 fully saturated rings. The molecule has 1 aliphatic carbocycles. The Hall–Kier alpha value is -1.29. The molecule has 29 heavy (non-hydrogen) atoms. The molecule has 0 atom stereocenters. The molecule has 0 amide bonds. The van der Waals surface area contributed by atoms with Crippen LogP contribution in [0, 0.1) is 6.92 Å². The molecule has 0 saturated heterocycles. The quantitative estimate of drug-likeness (QED) is 0.345. The summed E-state index contributed by atoms with van der Waals surface area (Å²) in [6, 6.07) is 6.95. The molecule has 1 aliphatic rings. The Morgan fingerprint density at radius 1 is 0.966 bits per heavy atom. The topological polar surface area (TPSA) is 65.1 Å². The van der Waals surface area contributed by atoms with E-state index in [1.165, 1.54) is 9.88 Å². The number of sulfonamides is 1. The van der Waals surface area contributed by atoms with Gasteiger partial charge in [-0.25, -0.2) is 8.42 Å². The normalized spacial score (nSPS) is 14.7. The second-order valence-electron chi connectivity index (χ2n) is 6.80. The zero-order valence-electron chi connectivity index (χ0n) is 17.9. The van der Waals surface area contributed by atoms with Gasteiger partial charge in [-0.2, -0.15) is 4.31 Å². The number of hydrogen-bond acceptors (Lipinski definition) is 5. The first-order valence-electron chi connectivity index (χ1n) is 10.2. The van der Waals surface area contributed by atoms with Crippen LogP contribution in [-0.4, -0.2) is 54.4 Å². The zero-order valence-corrected chi connectivity index (χ0v) is 19.7. The van der Waals surface area contributed by atoms with Crippen molar-refractivity contribution < 1.29 is 21.7 Å². The van der Waals surface area contributed by atoms with Crippen LogP contribution >= 0.6 is 0 Å². The fourth-order valence-corrected chi connectivity index (χ4v) is 6.30. The maximum absolute atomic E-state index is 13.2. The monoisotopic (exact) mass is 439 g/mol. The maximum Gasteiger partial charge on any atom is 0.529 e. The lowest BCUT2D eigenvalue weighted by Gasteiger charge is -2.26. The molecule has 0 radical (unpaired) electrons. The number of rotatable bonds is 13. The summed E-state index contributed by atoms with van der Waals surface area (Å²) in [5.74, 6) is 0. The number of hydrogen-bond donors (Lipinski definition) is 0. The molecule has 2 rings (SSSR count). The SMILES string of the molecule is CCO[Si](/C=C/CN(CC=C1CC1)S(=O)(=O)c1ccc(C)cc1)(OCC)OCC. The molecule has 8 heteroatoms. The van der Waals surface area contributed by atoms with Gasteiger partial charge < -0.3 is 13.3 Å². The fraction of sp³-hybridized carbons (Fsp3) is 0.524. The molecule has 162 valence electrons. The molecule has 0 heterocycles. The van der Waals surface area contributed by atoms with Crippen LogP contribution in [0.25, 0.3) is 0 Å². The molecule has 6 nitrogen and oxygen atoms in total. The predicted molar refractivity (Wildman–Crippen MR) is 117 cm³/mol. The van der Waals surface area contributed by atoms with Gasteiger partial charge in [-0.15, -0.1) is 0 Å². The lowest BCUT2D eigenvalue weighted by molar-refractivity contribution is 0.0842. The average molecular weight is 440 g/mol. The molecule has 0 bridgehead atoms. The Balaban J connectivity index is 2.23. The first kappa shape index (κ1) is 24.0. The fourth-order valence-electron chi connectivity index (χ4n) is 2.82. The van der Waals surface area contributed by atoms with Gasteiger partial charge in [-0.05, 0) is 58.4 Å². The van der Waals surface area contributed by atoms with Gasteiger partial charge in [-0.3, -0.25) is 0 Å². The van der Waals surface area contributed by atoms with Gasteiger partial charge in [-0.1, -0.05) is 35.4 Å². The van der Waals surface area contributed by atoms with Crippen molar-refractivity contribution in [2.75, 3.05) is 32.9 Å². The van der Waals surface area contributed by atoms with Gasteiger partial charge in [0.25, 0.3) is 0 Å². The summed E-state index contributed by atoms with van der Waals surface area (Å²) in [6.07, 6.45) is 5.93. The van der Waals surface area contributed by atoms with E-state index in [0.29, 0.717) is 31.3 Å². The third-order valence-electron chi connectivity index (χ3n) is 4.45. The highest BCUT2D eigenvalue weighted by Crippen LogP contribution is 2.28. The molecule has 0 unspecified atom stereocenters. The number of nitrogens with zero attached hydrogens (tertiary/aromatic N) is 1. The molecule has 0 spiro atoms. The Morgan fingerprint density at radius 3 is 2.00 bits per heavy atom. The van der Waals surface area contributed by atoms with Gasteiger partial charge in [0.2, 0.25) is 10.0 Å². The van der Waals surface area contributed by atoms with Crippen LogP contribution in [0.4, 0.5) is 0 Å². The Bertz CT molecular complexity index is 782. The van der Waals surface area contributed by atoms with Crippen molar-refractivity contribution in [1.82, 2.24) is 4.31 Å². The van der Waals surface area contributed by atoms with Crippen molar-refractivity contribution in [1.29, 1.82) is 0 Å². The Kier molecular flexibility index (Phi) is 9.26. The first-order valence-corrected chi connectivity index (χ1v) is 13.5. The van der Waals surface area contributed by atoms with E-state index in [4.69, 9.17) is 13.3 Å². The van der Waals surface area contributed by atoms with Gasteiger partial charge in [0.05, 0.1) is 4.90 Å². The highest BCUT2D eigenvalue weighted by Gasteiger charge is 2.37. The third-order valence-corrected chi connectivity index (χ3v) is 9.01. The van der Waals surface area contributed by atoms with Crippen LogP contribution in [0.5, 0.6) is 0 Å². The van der Waals surface area contributed by atoms with Crippen molar-refractivity contribution >= 4 is 18.8 Å². The third kappa shape index (κ3) is 7.16. The van der Waals surface area contributed by atoms with Gasteiger partial charge in [0.1, 0.15) is 0 Å². The number of allylic oxidation sites excluding steroid dienone is 1. The van der Waals surface area contributed by atoms with E-state index in [1.54, 1.807) is 23.9 Å². The second kappa shape index (κ2) is 11.2. The van der Waals surface area contributed by atoms with Crippen molar-refractivity contribution in [3.63, 3.8) is 0 Å². The largest absolute Gasteiger partial charge is 0.529 e. The molecular weight excluding hydrogens is 406 g/mol. The minimum absolute atomic E-state index is 0.224. The summed E-state index contributed by atoms with van der Waals surface area (Å²) in [7, 11) is -6.57. The Labute approximate surface area is 176 Å².